The number of carbonyl (C=O) groups is 1. The molecule has 5 heteroatoms. The van der Waals surface area contributed by atoms with E-state index in [1.165, 1.54) is 0 Å². The molecule has 3 nitrogen and oxygen atoms in total. The Morgan fingerprint density at radius 3 is 2.76 bits per heavy atom. The molecule has 0 radical (unpaired) electrons. The van der Waals surface area contributed by atoms with Gasteiger partial charge in [0.2, 0.25) is 0 Å². The van der Waals surface area contributed by atoms with Crippen LogP contribution in [0.25, 0.3) is 0 Å². The average Bonchev–Trinajstić information content (AvgIpc) is 2.47. The van der Waals surface area contributed by atoms with Gasteiger partial charge >= 0.3 is 0 Å². The van der Waals surface area contributed by atoms with Gasteiger partial charge in [0, 0.05) is 17.1 Å². The molecule has 0 heterocycles. The first-order chi connectivity index (χ1) is 10.1. The Kier molecular flexibility index (Phi) is 5.65. The molecule has 0 fully saturated rings. The van der Waals surface area contributed by atoms with Crippen LogP contribution in [0.3, 0.4) is 0 Å². The van der Waals surface area contributed by atoms with Crippen molar-refractivity contribution in [1.82, 2.24) is 5.32 Å². The van der Waals surface area contributed by atoms with E-state index < -0.39 is 0 Å². The Morgan fingerprint density at radius 2 is 2.10 bits per heavy atom. The normalized spacial score (nSPS) is 10.2. The summed E-state index contributed by atoms with van der Waals surface area (Å²) in [6.45, 7) is 0.558. The Bertz CT molecular complexity index is 646. The molecule has 0 atom stereocenters. The fourth-order valence-electron chi connectivity index (χ4n) is 1.92. The van der Waals surface area contributed by atoms with Crippen LogP contribution in [-0.4, -0.2) is 19.6 Å². The fourth-order valence-corrected chi connectivity index (χ4v) is 2.68. The highest BCUT2D eigenvalue weighted by atomic mass is 79.9. The molecule has 1 N–H and O–H groups in total. The van der Waals surface area contributed by atoms with E-state index in [-0.39, 0.29) is 5.91 Å². The molecule has 0 saturated carbocycles. The summed E-state index contributed by atoms with van der Waals surface area (Å²) < 4.78 is 5.90. The van der Waals surface area contributed by atoms with Crippen LogP contribution >= 0.6 is 27.5 Å². The predicted octanol–water partition coefficient (Wildman–Crippen LogP) is 4.08. The van der Waals surface area contributed by atoms with Gasteiger partial charge in [-0.1, -0.05) is 23.7 Å². The third-order valence-electron chi connectivity index (χ3n) is 3.00. The molecular weight excluding hydrogens is 354 g/mol. The van der Waals surface area contributed by atoms with Crippen LogP contribution in [0.1, 0.15) is 15.9 Å². The van der Waals surface area contributed by atoms with Crippen molar-refractivity contribution in [2.75, 3.05) is 13.7 Å². The molecule has 0 aliphatic rings. The SMILES string of the molecule is COc1ccc(C(=O)NCCc2cccc(Cl)c2)cc1Br. The maximum Gasteiger partial charge on any atom is 0.251 e. The van der Waals surface area contributed by atoms with E-state index in [2.05, 4.69) is 21.2 Å². The number of methoxy groups -OCH3 is 1. The highest BCUT2D eigenvalue weighted by molar-refractivity contribution is 9.10. The number of hydrogen-bond donors (Lipinski definition) is 1. The Hall–Kier alpha value is -1.52. The summed E-state index contributed by atoms with van der Waals surface area (Å²) >= 11 is 9.29. The maximum absolute atomic E-state index is 12.1. The predicted molar refractivity (Wildman–Crippen MR) is 88.2 cm³/mol. The van der Waals surface area contributed by atoms with E-state index in [0.29, 0.717) is 22.9 Å². The number of benzene rings is 2. The van der Waals surface area contributed by atoms with Gasteiger partial charge in [-0.2, -0.15) is 0 Å². The van der Waals surface area contributed by atoms with Crippen LogP contribution < -0.4 is 10.1 Å². The van der Waals surface area contributed by atoms with E-state index in [4.69, 9.17) is 16.3 Å². The maximum atomic E-state index is 12.1. The molecule has 0 spiro atoms. The highest BCUT2D eigenvalue weighted by Gasteiger charge is 2.08. The van der Waals surface area contributed by atoms with E-state index in [1.807, 2.05) is 24.3 Å². The first kappa shape index (κ1) is 15.9. The van der Waals surface area contributed by atoms with Gasteiger partial charge in [0.25, 0.3) is 5.91 Å². The summed E-state index contributed by atoms with van der Waals surface area (Å²) in [4.78, 5) is 12.1. The summed E-state index contributed by atoms with van der Waals surface area (Å²) in [7, 11) is 1.59. The molecule has 1 amide bonds. The first-order valence-electron chi connectivity index (χ1n) is 6.46. The molecule has 110 valence electrons. The monoisotopic (exact) mass is 367 g/mol. The van der Waals surface area contributed by atoms with Gasteiger partial charge in [-0.3, -0.25) is 4.79 Å². The summed E-state index contributed by atoms with van der Waals surface area (Å²) in [6.07, 6.45) is 0.740. The van der Waals surface area contributed by atoms with Crippen molar-refractivity contribution in [1.29, 1.82) is 0 Å². The molecule has 2 aromatic carbocycles. The lowest BCUT2D eigenvalue weighted by Crippen LogP contribution is -2.25. The van der Waals surface area contributed by atoms with Gasteiger partial charge in [-0.15, -0.1) is 0 Å². The van der Waals surface area contributed by atoms with Crippen molar-refractivity contribution in [2.24, 2.45) is 0 Å². The number of ether oxygens (including phenoxy) is 1. The largest absolute Gasteiger partial charge is 0.496 e. The number of rotatable bonds is 5. The second kappa shape index (κ2) is 7.48. The van der Waals surface area contributed by atoms with Crippen molar-refractivity contribution in [3.05, 3.63) is 63.1 Å². The topological polar surface area (TPSA) is 38.3 Å². The molecule has 0 unspecified atom stereocenters. The molecular formula is C16H15BrClNO2. The summed E-state index contributed by atoms with van der Waals surface area (Å²) in [6, 6.07) is 12.9. The fraction of sp³-hybridized carbons (Fsp3) is 0.188. The van der Waals surface area contributed by atoms with E-state index in [1.54, 1.807) is 25.3 Å². The lowest BCUT2D eigenvalue weighted by atomic mass is 10.1. The van der Waals surface area contributed by atoms with Crippen molar-refractivity contribution in [3.63, 3.8) is 0 Å². The molecule has 0 bridgehead atoms. The molecule has 2 aromatic rings. The van der Waals surface area contributed by atoms with E-state index in [9.17, 15) is 4.79 Å². The van der Waals surface area contributed by atoms with Crippen molar-refractivity contribution in [3.8, 4) is 5.75 Å². The number of nitrogens with one attached hydrogen (secondary N) is 1. The first-order valence-corrected chi connectivity index (χ1v) is 7.63. The summed E-state index contributed by atoms with van der Waals surface area (Å²) in [5, 5.41) is 3.59. The van der Waals surface area contributed by atoms with Crippen LogP contribution in [0.5, 0.6) is 5.75 Å². The second-order valence-electron chi connectivity index (χ2n) is 4.49. The van der Waals surface area contributed by atoms with Gasteiger partial charge in [0.15, 0.2) is 0 Å². The lowest BCUT2D eigenvalue weighted by Gasteiger charge is -2.08. The van der Waals surface area contributed by atoms with Crippen molar-refractivity contribution in [2.45, 2.75) is 6.42 Å². The van der Waals surface area contributed by atoms with Crippen LogP contribution in [-0.2, 0) is 6.42 Å². The van der Waals surface area contributed by atoms with Crippen LogP contribution in [0.4, 0.5) is 0 Å². The van der Waals surface area contributed by atoms with E-state index in [0.717, 1.165) is 16.5 Å². The van der Waals surface area contributed by atoms with Gasteiger partial charge < -0.3 is 10.1 Å². The van der Waals surface area contributed by atoms with E-state index >= 15 is 0 Å². The van der Waals surface area contributed by atoms with Gasteiger partial charge in [-0.05, 0) is 58.2 Å². The van der Waals surface area contributed by atoms with Gasteiger partial charge in [0.1, 0.15) is 5.75 Å². The standard InChI is InChI=1S/C16H15BrClNO2/c1-21-15-6-5-12(10-14(15)17)16(20)19-8-7-11-3-2-4-13(18)9-11/h2-6,9-10H,7-8H2,1H3,(H,19,20). The summed E-state index contributed by atoms with van der Waals surface area (Å²) in [5.41, 5.74) is 1.69. The second-order valence-corrected chi connectivity index (χ2v) is 5.78. The third-order valence-corrected chi connectivity index (χ3v) is 3.86. The smallest absolute Gasteiger partial charge is 0.251 e. The molecule has 0 aliphatic heterocycles. The minimum absolute atomic E-state index is 0.111. The number of carbonyl (C=O) groups excluding carboxylic acids is 1. The highest BCUT2D eigenvalue weighted by Crippen LogP contribution is 2.25. The van der Waals surface area contributed by atoms with Crippen LogP contribution in [0.15, 0.2) is 46.9 Å². The molecule has 0 aromatic heterocycles. The third kappa shape index (κ3) is 4.48. The minimum Gasteiger partial charge on any atom is -0.496 e. The average molecular weight is 369 g/mol. The number of hydrogen-bond acceptors (Lipinski definition) is 2. The Balaban J connectivity index is 1.91. The zero-order valence-electron chi connectivity index (χ0n) is 11.5. The zero-order chi connectivity index (χ0) is 15.2. The lowest BCUT2D eigenvalue weighted by molar-refractivity contribution is 0.0954. The summed E-state index contributed by atoms with van der Waals surface area (Å²) in [5.74, 6) is 0.589. The Morgan fingerprint density at radius 1 is 1.29 bits per heavy atom. The Labute approximate surface area is 137 Å². The molecule has 0 saturated heterocycles. The number of halogens is 2. The van der Waals surface area contributed by atoms with Gasteiger partial charge in [-0.25, -0.2) is 0 Å². The van der Waals surface area contributed by atoms with Crippen LogP contribution in [0.2, 0.25) is 5.02 Å². The molecule has 2 rings (SSSR count). The minimum atomic E-state index is -0.111. The molecule has 0 aliphatic carbocycles. The van der Waals surface area contributed by atoms with Gasteiger partial charge in [0.05, 0.1) is 11.6 Å². The number of amides is 1. The van der Waals surface area contributed by atoms with Crippen molar-refractivity contribution < 1.29 is 9.53 Å². The molecule has 21 heavy (non-hydrogen) atoms. The van der Waals surface area contributed by atoms with Crippen LogP contribution in [0, 0.1) is 0 Å². The quantitative estimate of drug-likeness (QED) is 0.863. The zero-order valence-corrected chi connectivity index (χ0v) is 13.9. The van der Waals surface area contributed by atoms with Crippen molar-refractivity contribution >= 4 is 33.4 Å².